The normalized spacial score (nSPS) is 10.9. The van der Waals surface area contributed by atoms with Crippen molar-refractivity contribution >= 4 is 0 Å². The maximum Gasteiger partial charge on any atom is 0.140 e. The molecular formula is C21H24N2. The van der Waals surface area contributed by atoms with Gasteiger partial charge in [-0.25, -0.2) is 4.98 Å². The first-order valence-corrected chi connectivity index (χ1v) is 8.38. The number of hydrogen-bond donors (Lipinski definition) is 0. The van der Waals surface area contributed by atoms with Crippen molar-refractivity contribution in [2.45, 2.75) is 40.2 Å². The van der Waals surface area contributed by atoms with E-state index < -0.39 is 0 Å². The molecule has 0 amide bonds. The summed E-state index contributed by atoms with van der Waals surface area (Å²) < 4.78 is 2.36. The van der Waals surface area contributed by atoms with Crippen LogP contribution in [-0.2, 0) is 6.54 Å². The van der Waals surface area contributed by atoms with Gasteiger partial charge in [-0.3, -0.25) is 0 Å². The first kappa shape index (κ1) is 15.5. The van der Waals surface area contributed by atoms with Gasteiger partial charge < -0.3 is 4.57 Å². The fraction of sp³-hybridized carbons (Fsp3) is 0.286. The molecule has 0 fully saturated rings. The van der Waals surface area contributed by atoms with Crippen molar-refractivity contribution in [2.24, 2.45) is 0 Å². The molecule has 1 aromatic heterocycles. The lowest BCUT2D eigenvalue weighted by atomic mass is 10.1. The molecular weight excluding hydrogens is 280 g/mol. The van der Waals surface area contributed by atoms with Gasteiger partial charge in [0.25, 0.3) is 0 Å². The standard InChI is InChI=1S/C21H24N2/c1-4-5-14-23-20(18-10-6-16(2)7-11-18)15-22-21(23)19-12-8-17(3)9-13-19/h6-13,15H,4-5,14H2,1-3H3. The number of aryl methyl sites for hydroxylation is 2. The van der Waals surface area contributed by atoms with Crippen molar-refractivity contribution in [3.63, 3.8) is 0 Å². The Labute approximate surface area is 138 Å². The lowest BCUT2D eigenvalue weighted by molar-refractivity contribution is 0.641. The molecule has 1 heterocycles. The molecule has 3 rings (SSSR count). The predicted octanol–water partition coefficient (Wildman–Crippen LogP) is 5.63. The van der Waals surface area contributed by atoms with Crippen LogP contribution in [0.25, 0.3) is 22.6 Å². The van der Waals surface area contributed by atoms with Crippen LogP contribution in [0, 0.1) is 13.8 Å². The van der Waals surface area contributed by atoms with E-state index in [1.165, 1.54) is 34.4 Å². The smallest absolute Gasteiger partial charge is 0.140 e. The van der Waals surface area contributed by atoms with Crippen molar-refractivity contribution in [2.75, 3.05) is 0 Å². The molecule has 0 saturated heterocycles. The van der Waals surface area contributed by atoms with Gasteiger partial charge >= 0.3 is 0 Å². The largest absolute Gasteiger partial charge is 0.324 e. The van der Waals surface area contributed by atoms with Crippen LogP contribution in [0.1, 0.15) is 30.9 Å². The third-order valence-electron chi connectivity index (χ3n) is 4.25. The van der Waals surface area contributed by atoms with Crippen molar-refractivity contribution in [3.05, 3.63) is 65.9 Å². The van der Waals surface area contributed by atoms with Crippen molar-refractivity contribution in [1.82, 2.24) is 9.55 Å². The molecule has 118 valence electrons. The molecule has 0 aliphatic rings. The first-order valence-electron chi connectivity index (χ1n) is 8.38. The zero-order chi connectivity index (χ0) is 16.2. The topological polar surface area (TPSA) is 17.8 Å². The molecule has 0 aliphatic carbocycles. The molecule has 0 aliphatic heterocycles. The zero-order valence-corrected chi connectivity index (χ0v) is 14.2. The van der Waals surface area contributed by atoms with Gasteiger partial charge in [-0.2, -0.15) is 0 Å². The lowest BCUT2D eigenvalue weighted by Gasteiger charge is -2.12. The van der Waals surface area contributed by atoms with Crippen LogP contribution >= 0.6 is 0 Å². The van der Waals surface area contributed by atoms with Gasteiger partial charge in [-0.1, -0.05) is 73.0 Å². The van der Waals surface area contributed by atoms with Gasteiger partial charge in [-0.05, 0) is 25.8 Å². The summed E-state index contributed by atoms with van der Waals surface area (Å²) in [5.74, 6) is 1.06. The lowest BCUT2D eigenvalue weighted by Crippen LogP contribution is -2.03. The fourth-order valence-electron chi connectivity index (χ4n) is 2.81. The van der Waals surface area contributed by atoms with E-state index in [4.69, 9.17) is 4.98 Å². The maximum absolute atomic E-state index is 4.73. The molecule has 0 radical (unpaired) electrons. The van der Waals surface area contributed by atoms with Crippen molar-refractivity contribution in [3.8, 4) is 22.6 Å². The van der Waals surface area contributed by atoms with Gasteiger partial charge in [0.1, 0.15) is 5.82 Å². The van der Waals surface area contributed by atoms with E-state index >= 15 is 0 Å². The Morgan fingerprint density at radius 3 is 1.96 bits per heavy atom. The second-order valence-electron chi connectivity index (χ2n) is 6.20. The van der Waals surface area contributed by atoms with Crippen LogP contribution in [0.15, 0.2) is 54.7 Å². The molecule has 0 unspecified atom stereocenters. The second kappa shape index (κ2) is 6.82. The van der Waals surface area contributed by atoms with Gasteiger partial charge in [-0.15, -0.1) is 0 Å². The summed E-state index contributed by atoms with van der Waals surface area (Å²) in [6.07, 6.45) is 4.35. The monoisotopic (exact) mass is 304 g/mol. The average Bonchev–Trinajstić information content (AvgIpc) is 2.98. The highest BCUT2D eigenvalue weighted by atomic mass is 15.1. The van der Waals surface area contributed by atoms with E-state index in [-0.39, 0.29) is 0 Å². The summed E-state index contributed by atoms with van der Waals surface area (Å²) in [5, 5.41) is 0. The summed E-state index contributed by atoms with van der Waals surface area (Å²) in [4.78, 5) is 4.73. The highest BCUT2D eigenvalue weighted by Gasteiger charge is 2.13. The molecule has 23 heavy (non-hydrogen) atoms. The first-order chi connectivity index (χ1) is 11.2. The summed E-state index contributed by atoms with van der Waals surface area (Å²) in [7, 11) is 0. The Hall–Kier alpha value is -2.35. The highest BCUT2D eigenvalue weighted by Crippen LogP contribution is 2.27. The van der Waals surface area contributed by atoms with Crippen LogP contribution in [0.3, 0.4) is 0 Å². The summed E-state index contributed by atoms with van der Waals surface area (Å²) >= 11 is 0. The van der Waals surface area contributed by atoms with Crippen LogP contribution in [-0.4, -0.2) is 9.55 Å². The Kier molecular flexibility index (Phi) is 4.61. The van der Waals surface area contributed by atoms with Crippen molar-refractivity contribution in [1.29, 1.82) is 0 Å². The predicted molar refractivity (Wildman–Crippen MR) is 97.5 cm³/mol. The quantitative estimate of drug-likeness (QED) is 0.597. The number of benzene rings is 2. The van der Waals surface area contributed by atoms with Crippen LogP contribution in [0.2, 0.25) is 0 Å². The molecule has 0 atom stereocenters. The molecule has 2 heteroatoms. The van der Waals surface area contributed by atoms with E-state index in [1.807, 2.05) is 6.20 Å². The van der Waals surface area contributed by atoms with Crippen LogP contribution in [0.5, 0.6) is 0 Å². The minimum absolute atomic E-state index is 1.00. The van der Waals surface area contributed by atoms with Gasteiger partial charge in [0.05, 0.1) is 11.9 Å². The van der Waals surface area contributed by atoms with Gasteiger partial charge in [0, 0.05) is 12.1 Å². The number of unbranched alkanes of at least 4 members (excludes halogenated alkanes) is 1. The van der Waals surface area contributed by atoms with Gasteiger partial charge in [0.15, 0.2) is 0 Å². The number of nitrogens with zero attached hydrogens (tertiary/aromatic N) is 2. The molecule has 3 aromatic rings. The molecule has 0 spiro atoms. The molecule has 0 saturated carbocycles. The summed E-state index contributed by atoms with van der Waals surface area (Å²) in [6, 6.07) is 17.3. The summed E-state index contributed by atoms with van der Waals surface area (Å²) in [5.41, 5.74) is 6.18. The Balaban J connectivity index is 2.06. The molecule has 0 bridgehead atoms. The number of rotatable bonds is 5. The summed E-state index contributed by atoms with van der Waals surface area (Å²) in [6.45, 7) is 7.47. The van der Waals surface area contributed by atoms with Crippen LogP contribution < -0.4 is 0 Å². The maximum atomic E-state index is 4.73. The SMILES string of the molecule is CCCCn1c(-c2ccc(C)cc2)cnc1-c1ccc(C)cc1. The Morgan fingerprint density at radius 2 is 1.39 bits per heavy atom. The number of hydrogen-bond acceptors (Lipinski definition) is 1. The third-order valence-corrected chi connectivity index (χ3v) is 4.25. The average molecular weight is 304 g/mol. The van der Waals surface area contributed by atoms with E-state index in [0.29, 0.717) is 0 Å². The fourth-order valence-corrected chi connectivity index (χ4v) is 2.81. The highest BCUT2D eigenvalue weighted by molar-refractivity contribution is 5.66. The van der Waals surface area contributed by atoms with E-state index in [1.54, 1.807) is 0 Å². The molecule has 2 aromatic carbocycles. The Bertz CT molecular complexity index is 702. The molecule has 2 nitrogen and oxygen atoms in total. The molecule has 0 N–H and O–H groups in total. The minimum atomic E-state index is 1.00. The van der Waals surface area contributed by atoms with E-state index in [9.17, 15) is 0 Å². The van der Waals surface area contributed by atoms with Crippen molar-refractivity contribution < 1.29 is 0 Å². The number of aromatic nitrogens is 2. The number of imidazole rings is 1. The van der Waals surface area contributed by atoms with Crippen LogP contribution in [0.4, 0.5) is 0 Å². The third kappa shape index (κ3) is 3.37. The van der Waals surface area contributed by atoms with E-state index in [2.05, 4.69) is 73.9 Å². The zero-order valence-electron chi connectivity index (χ0n) is 14.2. The Morgan fingerprint density at radius 1 is 0.826 bits per heavy atom. The van der Waals surface area contributed by atoms with E-state index in [0.717, 1.165) is 18.8 Å². The minimum Gasteiger partial charge on any atom is -0.324 e. The van der Waals surface area contributed by atoms with Gasteiger partial charge in [0.2, 0.25) is 0 Å². The second-order valence-corrected chi connectivity index (χ2v) is 6.20.